The number of nitrogens with one attached hydrogen (secondary N) is 1. The topological polar surface area (TPSA) is 28.2 Å². The third-order valence-electron chi connectivity index (χ3n) is 4.18. The van der Waals surface area contributed by atoms with Crippen LogP contribution in [0.15, 0.2) is 36.7 Å². The van der Waals surface area contributed by atoms with E-state index in [4.69, 9.17) is 0 Å². The highest BCUT2D eigenvalue weighted by molar-refractivity contribution is 5.75. The predicted octanol–water partition coefficient (Wildman–Crippen LogP) is 4.57. The van der Waals surface area contributed by atoms with Crippen molar-refractivity contribution in [1.29, 1.82) is 0 Å². The van der Waals surface area contributed by atoms with Crippen molar-refractivity contribution < 1.29 is 17.6 Å². The summed E-state index contributed by atoms with van der Waals surface area (Å²) in [6, 6.07) is 4.92. The summed E-state index contributed by atoms with van der Waals surface area (Å²) in [5.41, 5.74) is 0.755. The van der Waals surface area contributed by atoms with Gasteiger partial charge in [0.05, 0.1) is 18.6 Å². The van der Waals surface area contributed by atoms with Crippen molar-refractivity contribution in [2.24, 2.45) is 5.92 Å². The van der Waals surface area contributed by atoms with Gasteiger partial charge in [0, 0.05) is 11.9 Å². The van der Waals surface area contributed by atoms with Gasteiger partial charge in [-0.25, -0.2) is 4.39 Å². The van der Waals surface area contributed by atoms with Crippen molar-refractivity contribution in [1.82, 2.24) is 10.3 Å². The molecule has 1 unspecified atom stereocenters. The third-order valence-corrected chi connectivity index (χ3v) is 4.18. The highest BCUT2D eigenvalue weighted by Crippen LogP contribution is 2.51. The molecule has 1 aromatic carbocycles. The second-order valence-electron chi connectivity index (χ2n) is 6.55. The van der Waals surface area contributed by atoms with E-state index in [-0.39, 0.29) is 11.1 Å². The molecule has 1 aliphatic heterocycles. The van der Waals surface area contributed by atoms with Gasteiger partial charge >= 0.3 is 6.18 Å². The molecule has 25 heavy (non-hydrogen) atoms. The molecule has 3 nitrogen and oxygen atoms in total. The van der Waals surface area contributed by atoms with Crippen LogP contribution < -0.4 is 10.2 Å². The monoisotopic (exact) mass is 353 g/mol. The first-order chi connectivity index (χ1) is 11.8. The van der Waals surface area contributed by atoms with Crippen LogP contribution in [0.5, 0.6) is 0 Å². The van der Waals surface area contributed by atoms with Crippen LogP contribution in [0, 0.1) is 11.7 Å². The maximum Gasteiger partial charge on any atom is 0.399 e. The van der Waals surface area contributed by atoms with E-state index in [2.05, 4.69) is 10.3 Å². The summed E-state index contributed by atoms with van der Waals surface area (Å²) < 4.78 is 54.9. The van der Waals surface area contributed by atoms with E-state index in [1.54, 1.807) is 4.90 Å². The standard InChI is InChI=1S/C18H19F4N3/c1-11(2)8-24-10-25-15-4-3-12(19)7-14(15)17(18(20,21)22)13-5-6-23-9-16(13)25/h3-7,9,11,17,24H,8,10H2,1-2H3. The molecule has 1 aromatic heterocycles. The molecule has 7 heteroatoms. The van der Waals surface area contributed by atoms with Crippen LogP contribution >= 0.6 is 0 Å². The highest BCUT2D eigenvalue weighted by Gasteiger charge is 2.47. The molecule has 1 atom stereocenters. The van der Waals surface area contributed by atoms with Crippen LogP contribution in [-0.4, -0.2) is 24.4 Å². The molecule has 134 valence electrons. The fourth-order valence-corrected chi connectivity index (χ4v) is 3.15. The lowest BCUT2D eigenvalue weighted by Crippen LogP contribution is -2.38. The number of fused-ring (bicyclic) bond motifs is 2. The zero-order valence-electron chi connectivity index (χ0n) is 13.9. The molecule has 0 radical (unpaired) electrons. The molecule has 2 heterocycles. The first-order valence-electron chi connectivity index (χ1n) is 8.07. The van der Waals surface area contributed by atoms with E-state index < -0.39 is 17.9 Å². The molecule has 0 fully saturated rings. The van der Waals surface area contributed by atoms with Crippen molar-refractivity contribution in [3.8, 4) is 0 Å². The van der Waals surface area contributed by atoms with Crippen molar-refractivity contribution in [2.75, 3.05) is 18.1 Å². The summed E-state index contributed by atoms with van der Waals surface area (Å²) in [5, 5.41) is 3.23. The molecule has 2 aromatic rings. The lowest BCUT2D eigenvalue weighted by molar-refractivity contribution is -0.141. The van der Waals surface area contributed by atoms with Gasteiger partial charge in [0.1, 0.15) is 11.7 Å². The van der Waals surface area contributed by atoms with Gasteiger partial charge in [0.25, 0.3) is 0 Å². The van der Waals surface area contributed by atoms with Gasteiger partial charge in [0.2, 0.25) is 0 Å². The van der Waals surface area contributed by atoms with Crippen molar-refractivity contribution in [3.63, 3.8) is 0 Å². The molecule has 0 saturated heterocycles. The molecule has 0 aliphatic carbocycles. The fraction of sp³-hybridized carbons (Fsp3) is 0.389. The van der Waals surface area contributed by atoms with Gasteiger partial charge < -0.3 is 4.90 Å². The van der Waals surface area contributed by atoms with E-state index in [0.717, 1.165) is 6.07 Å². The quantitative estimate of drug-likeness (QED) is 0.816. The zero-order chi connectivity index (χ0) is 18.2. The van der Waals surface area contributed by atoms with Gasteiger partial charge in [-0.1, -0.05) is 13.8 Å². The van der Waals surface area contributed by atoms with E-state index in [1.165, 1.54) is 30.6 Å². The normalized spacial score (nSPS) is 16.8. The molecule has 1 N–H and O–H groups in total. The number of rotatable bonds is 4. The highest BCUT2D eigenvalue weighted by atomic mass is 19.4. The Morgan fingerprint density at radius 3 is 2.60 bits per heavy atom. The van der Waals surface area contributed by atoms with Crippen molar-refractivity contribution in [3.05, 3.63) is 53.6 Å². The molecule has 0 spiro atoms. The average molecular weight is 353 g/mol. The van der Waals surface area contributed by atoms with E-state index >= 15 is 0 Å². The van der Waals surface area contributed by atoms with Crippen LogP contribution in [0.3, 0.4) is 0 Å². The smallest absolute Gasteiger partial charge is 0.326 e. The van der Waals surface area contributed by atoms with Crippen LogP contribution in [0.4, 0.5) is 28.9 Å². The lowest BCUT2D eigenvalue weighted by Gasteiger charge is -2.38. The lowest BCUT2D eigenvalue weighted by atomic mass is 9.85. The van der Waals surface area contributed by atoms with E-state index in [9.17, 15) is 17.6 Å². The molecule has 0 amide bonds. The Kier molecular flexibility index (Phi) is 4.69. The van der Waals surface area contributed by atoms with Gasteiger partial charge in [-0.3, -0.25) is 10.3 Å². The minimum atomic E-state index is -4.52. The van der Waals surface area contributed by atoms with E-state index in [0.29, 0.717) is 30.5 Å². The molecular weight excluding hydrogens is 334 g/mol. The van der Waals surface area contributed by atoms with Crippen LogP contribution in [-0.2, 0) is 0 Å². The Morgan fingerprint density at radius 2 is 1.92 bits per heavy atom. The Bertz CT molecular complexity index is 758. The Labute approximate surface area is 143 Å². The maximum atomic E-state index is 13.7. The number of pyridine rings is 1. The number of anilines is 2. The fourth-order valence-electron chi connectivity index (χ4n) is 3.15. The average Bonchev–Trinajstić information content (AvgIpc) is 2.52. The number of hydrogen-bond acceptors (Lipinski definition) is 3. The van der Waals surface area contributed by atoms with Crippen molar-refractivity contribution >= 4 is 11.4 Å². The van der Waals surface area contributed by atoms with Gasteiger partial charge in [-0.2, -0.15) is 13.2 Å². The number of aromatic nitrogens is 1. The Hall–Kier alpha value is -2.15. The van der Waals surface area contributed by atoms with Gasteiger partial charge in [-0.15, -0.1) is 0 Å². The minimum Gasteiger partial charge on any atom is -0.326 e. The Balaban J connectivity index is 2.10. The summed E-state index contributed by atoms with van der Waals surface area (Å²) >= 11 is 0. The first kappa shape index (κ1) is 17.7. The summed E-state index contributed by atoms with van der Waals surface area (Å²) in [7, 11) is 0. The zero-order valence-corrected chi connectivity index (χ0v) is 13.9. The number of nitrogens with zero attached hydrogens (tertiary/aromatic N) is 2. The van der Waals surface area contributed by atoms with Crippen LogP contribution in [0.1, 0.15) is 30.9 Å². The Morgan fingerprint density at radius 1 is 1.16 bits per heavy atom. The number of benzene rings is 1. The second-order valence-corrected chi connectivity index (χ2v) is 6.55. The molecular formula is C18H19F4N3. The van der Waals surface area contributed by atoms with E-state index in [1.807, 2.05) is 13.8 Å². The molecule has 3 rings (SSSR count). The van der Waals surface area contributed by atoms with Crippen molar-refractivity contribution in [2.45, 2.75) is 25.9 Å². The number of halogens is 4. The number of hydrogen-bond donors (Lipinski definition) is 1. The predicted molar refractivity (Wildman–Crippen MR) is 88.4 cm³/mol. The maximum absolute atomic E-state index is 13.7. The molecule has 0 saturated carbocycles. The summed E-state index contributed by atoms with van der Waals surface area (Å²) in [6.45, 7) is 5.12. The first-order valence-corrected chi connectivity index (χ1v) is 8.07. The summed E-state index contributed by atoms with van der Waals surface area (Å²) in [4.78, 5) is 5.71. The number of alkyl halides is 3. The van der Waals surface area contributed by atoms with Crippen LogP contribution in [0.2, 0.25) is 0 Å². The van der Waals surface area contributed by atoms with Gasteiger partial charge in [-0.05, 0) is 47.9 Å². The largest absolute Gasteiger partial charge is 0.399 e. The minimum absolute atomic E-state index is 0.0717. The molecule has 1 aliphatic rings. The SMILES string of the molecule is CC(C)CNCN1c2ccc(F)cc2C(C(F)(F)F)c2ccncc21. The summed E-state index contributed by atoms with van der Waals surface area (Å²) in [6.07, 6.45) is -1.75. The van der Waals surface area contributed by atoms with Crippen LogP contribution in [0.25, 0.3) is 0 Å². The third kappa shape index (κ3) is 3.46. The molecule has 0 bridgehead atoms. The second kappa shape index (κ2) is 6.63. The summed E-state index contributed by atoms with van der Waals surface area (Å²) in [5.74, 6) is -2.15. The van der Waals surface area contributed by atoms with Gasteiger partial charge in [0.15, 0.2) is 0 Å².